The van der Waals surface area contributed by atoms with Gasteiger partial charge in [0.25, 0.3) is 5.91 Å². The van der Waals surface area contributed by atoms with E-state index in [0.717, 1.165) is 11.1 Å². The molecule has 0 spiro atoms. The second-order valence-corrected chi connectivity index (χ2v) is 6.79. The van der Waals surface area contributed by atoms with Gasteiger partial charge in [-0.3, -0.25) is 4.79 Å². The van der Waals surface area contributed by atoms with Crippen molar-refractivity contribution in [3.05, 3.63) is 53.6 Å². The molecule has 0 saturated heterocycles. The van der Waals surface area contributed by atoms with E-state index in [1.807, 2.05) is 25.1 Å². The Labute approximate surface area is 165 Å². The Balaban J connectivity index is 1.90. The third-order valence-electron chi connectivity index (χ3n) is 4.27. The molecular weight excluding hydrogens is 358 g/mol. The number of methoxy groups -OCH3 is 1. The molecule has 0 bridgehead atoms. The highest BCUT2D eigenvalue weighted by atomic mass is 16.6. The third kappa shape index (κ3) is 5.74. The molecule has 150 valence electrons. The Kier molecular flexibility index (Phi) is 7.44. The lowest BCUT2D eigenvalue weighted by Gasteiger charge is -2.16. The smallest absolute Gasteiger partial charge is 0.344 e. The molecule has 1 amide bonds. The van der Waals surface area contributed by atoms with E-state index < -0.39 is 18.0 Å². The van der Waals surface area contributed by atoms with Crippen LogP contribution in [0.4, 0.5) is 5.69 Å². The topological polar surface area (TPSA) is 73.9 Å². The van der Waals surface area contributed by atoms with Crippen molar-refractivity contribution in [2.24, 2.45) is 0 Å². The lowest BCUT2D eigenvalue weighted by Crippen LogP contribution is -2.31. The minimum absolute atomic E-state index is 0.269. The summed E-state index contributed by atoms with van der Waals surface area (Å²) >= 11 is 0. The van der Waals surface area contributed by atoms with Crippen LogP contribution in [0.2, 0.25) is 0 Å². The average Bonchev–Trinajstić information content (AvgIpc) is 2.67. The monoisotopic (exact) mass is 385 g/mol. The fourth-order valence-electron chi connectivity index (χ4n) is 2.53. The zero-order valence-electron chi connectivity index (χ0n) is 16.9. The third-order valence-corrected chi connectivity index (χ3v) is 4.27. The van der Waals surface area contributed by atoms with Gasteiger partial charge in [0.15, 0.2) is 12.7 Å². The summed E-state index contributed by atoms with van der Waals surface area (Å²) < 4.78 is 16.0. The Morgan fingerprint density at radius 2 is 1.75 bits per heavy atom. The van der Waals surface area contributed by atoms with Gasteiger partial charge in [-0.05, 0) is 49.1 Å². The van der Waals surface area contributed by atoms with Gasteiger partial charge < -0.3 is 19.5 Å². The molecule has 1 atom stereocenters. The van der Waals surface area contributed by atoms with Gasteiger partial charge in [-0.1, -0.05) is 38.1 Å². The Hall–Kier alpha value is -3.02. The summed E-state index contributed by atoms with van der Waals surface area (Å²) in [5, 5.41) is 2.69. The minimum Gasteiger partial charge on any atom is -0.495 e. The number of benzene rings is 2. The van der Waals surface area contributed by atoms with E-state index >= 15 is 0 Å². The summed E-state index contributed by atoms with van der Waals surface area (Å²) in [6.07, 6.45) is -0.968. The van der Waals surface area contributed by atoms with Crippen LogP contribution in [0, 0.1) is 6.92 Å². The first kappa shape index (κ1) is 21.3. The number of ether oxygens (including phenoxy) is 3. The number of nitrogens with one attached hydrogen (secondary N) is 1. The van der Waals surface area contributed by atoms with Crippen LogP contribution >= 0.6 is 0 Å². The molecule has 0 heterocycles. The van der Waals surface area contributed by atoms with E-state index in [4.69, 9.17) is 14.2 Å². The fraction of sp³-hybridized carbons (Fsp3) is 0.364. The zero-order valence-corrected chi connectivity index (χ0v) is 16.9. The van der Waals surface area contributed by atoms with Crippen LogP contribution in [0.15, 0.2) is 42.5 Å². The van der Waals surface area contributed by atoms with Crippen molar-refractivity contribution >= 4 is 17.6 Å². The quantitative estimate of drug-likeness (QED) is 0.693. The summed E-state index contributed by atoms with van der Waals surface area (Å²) in [6.45, 7) is 7.32. The Morgan fingerprint density at radius 3 is 2.43 bits per heavy atom. The van der Waals surface area contributed by atoms with Gasteiger partial charge in [-0.25, -0.2) is 4.79 Å². The molecule has 0 fully saturated rings. The van der Waals surface area contributed by atoms with E-state index in [2.05, 4.69) is 19.2 Å². The predicted octanol–water partition coefficient (Wildman–Crippen LogP) is 4.08. The second kappa shape index (κ2) is 9.78. The van der Waals surface area contributed by atoms with Crippen molar-refractivity contribution in [2.75, 3.05) is 19.0 Å². The molecule has 1 N–H and O–H groups in total. The molecule has 0 saturated carbocycles. The molecule has 0 aromatic heterocycles. The van der Waals surface area contributed by atoms with Crippen molar-refractivity contribution in [3.8, 4) is 11.5 Å². The summed E-state index contributed by atoms with van der Waals surface area (Å²) in [4.78, 5) is 24.4. The molecular formula is C22H27NO5. The number of rotatable bonds is 8. The number of esters is 1. The number of para-hydroxylation sites is 2. The standard InChI is InChI=1S/C22H27NO5/c1-14(2)17-11-10-15(3)20(12-17)27-13-21(24)28-16(4)22(25)23-18-8-6-7-9-19(18)26-5/h6-12,14,16H,13H2,1-5H3,(H,23,25)/t16-/m0/s1. The molecule has 0 aliphatic rings. The second-order valence-electron chi connectivity index (χ2n) is 6.79. The molecule has 2 rings (SSSR count). The highest BCUT2D eigenvalue weighted by molar-refractivity contribution is 5.96. The summed E-state index contributed by atoms with van der Waals surface area (Å²) in [7, 11) is 1.52. The first-order valence-corrected chi connectivity index (χ1v) is 9.18. The van der Waals surface area contributed by atoms with Crippen LogP contribution in [0.3, 0.4) is 0 Å². The summed E-state index contributed by atoms with van der Waals surface area (Å²) in [6, 6.07) is 12.9. The van der Waals surface area contributed by atoms with Crippen LogP contribution in [-0.2, 0) is 14.3 Å². The van der Waals surface area contributed by atoms with Crippen LogP contribution in [0.25, 0.3) is 0 Å². The predicted molar refractivity (Wildman–Crippen MR) is 108 cm³/mol. The summed E-state index contributed by atoms with van der Waals surface area (Å²) in [5.41, 5.74) is 2.56. The molecule has 6 nitrogen and oxygen atoms in total. The van der Waals surface area contributed by atoms with E-state index in [9.17, 15) is 9.59 Å². The van der Waals surface area contributed by atoms with E-state index in [1.54, 1.807) is 24.3 Å². The maximum absolute atomic E-state index is 12.3. The number of hydrogen-bond acceptors (Lipinski definition) is 5. The van der Waals surface area contributed by atoms with Crippen molar-refractivity contribution in [1.29, 1.82) is 0 Å². The van der Waals surface area contributed by atoms with Gasteiger partial charge in [-0.15, -0.1) is 0 Å². The van der Waals surface area contributed by atoms with E-state index in [0.29, 0.717) is 23.1 Å². The first-order valence-electron chi connectivity index (χ1n) is 9.18. The number of hydrogen-bond donors (Lipinski definition) is 1. The minimum atomic E-state index is -0.968. The maximum Gasteiger partial charge on any atom is 0.344 e. The molecule has 6 heteroatoms. The summed E-state index contributed by atoms with van der Waals surface area (Å²) in [5.74, 6) is 0.453. The van der Waals surface area contributed by atoms with Crippen molar-refractivity contribution < 1.29 is 23.8 Å². The fourth-order valence-corrected chi connectivity index (χ4v) is 2.53. The van der Waals surface area contributed by atoms with Crippen LogP contribution < -0.4 is 14.8 Å². The van der Waals surface area contributed by atoms with Crippen molar-refractivity contribution in [3.63, 3.8) is 0 Å². The lowest BCUT2D eigenvalue weighted by molar-refractivity contribution is -0.155. The van der Waals surface area contributed by atoms with Gasteiger partial charge in [0.1, 0.15) is 11.5 Å². The number of carbonyl (C=O) groups excluding carboxylic acids is 2. The van der Waals surface area contributed by atoms with Crippen molar-refractivity contribution in [1.82, 2.24) is 0 Å². The zero-order chi connectivity index (χ0) is 20.7. The number of carbonyl (C=O) groups is 2. The lowest BCUT2D eigenvalue weighted by atomic mass is 10.0. The highest BCUT2D eigenvalue weighted by Gasteiger charge is 2.19. The molecule has 0 aliphatic carbocycles. The van der Waals surface area contributed by atoms with Crippen LogP contribution in [0.1, 0.15) is 37.8 Å². The molecule has 2 aromatic rings. The van der Waals surface area contributed by atoms with Crippen LogP contribution in [-0.4, -0.2) is 31.7 Å². The first-order chi connectivity index (χ1) is 13.3. The SMILES string of the molecule is COc1ccccc1NC(=O)[C@H](C)OC(=O)COc1cc(C(C)C)ccc1C. The number of amides is 1. The van der Waals surface area contributed by atoms with Gasteiger partial charge in [-0.2, -0.15) is 0 Å². The Bertz CT molecular complexity index is 831. The van der Waals surface area contributed by atoms with Gasteiger partial charge in [0.2, 0.25) is 0 Å². The Morgan fingerprint density at radius 1 is 1.04 bits per heavy atom. The van der Waals surface area contributed by atoms with E-state index in [-0.39, 0.29) is 6.61 Å². The molecule has 0 unspecified atom stereocenters. The molecule has 0 radical (unpaired) electrons. The molecule has 2 aromatic carbocycles. The molecule has 0 aliphatic heterocycles. The van der Waals surface area contributed by atoms with Gasteiger partial charge in [0.05, 0.1) is 12.8 Å². The number of aryl methyl sites for hydroxylation is 1. The largest absolute Gasteiger partial charge is 0.495 e. The molecule has 28 heavy (non-hydrogen) atoms. The van der Waals surface area contributed by atoms with Gasteiger partial charge in [0, 0.05) is 0 Å². The normalized spacial score (nSPS) is 11.6. The highest BCUT2D eigenvalue weighted by Crippen LogP contribution is 2.25. The number of anilines is 1. The van der Waals surface area contributed by atoms with Gasteiger partial charge >= 0.3 is 5.97 Å². The van der Waals surface area contributed by atoms with Crippen molar-refractivity contribution in [2.45, 2.75) is 39.7 Å². The van der Waals surface area contributed by atoms with E-state index in [1.165, 1.54) is 14.0 Å². The maximum atomic E-state index is 12.3. The van der Waals surface area contributed by atoms with Crippen LogP contribution in [0.5, 0.6) is 11.5 Å². The average molecular weight is 385 g/mol.